The third kappa shape index (κ3) is 4.91. The maximum absolute atomic E-state index is 11.8. The van der Waals surface area contributed by atoms with Gasteiger partial charge in [0.15, 0.2) is 0 Å². The van der Waals surface area contributed by atoms with Gasteiger partial charge in [-0.25, -0.2) is 5.48 Å². The monoisotopic (exact) mass is 286 g/mol. The van der Waals surface area contributed by atoms with Crippen molar-refractivity contribution in [2.75, 3.05) is 0 Å². The van der Waals surface area contributed by atoms with Crippen molar-refractivity contribution in [2.45, 2.75) is 19.1 Å². The van der Waals surface area contributed by atoms with Gasteiger partial charge in [-0.15, -0.1) is 0 Å². The van der Waals surface area contributed by atoms with Gasteiger partial charge in [0.05, 0.1) is 12.6 Å². The predicted molar refractivity (Wildman–Crippen MR) is 79.2 cm³/mol. The Hall–Kier alpha value is -2.37. The molecule has 0 saturated heterocycles. The highest BCUT2D eigenvalue weighted by molar-refractivity contribution is 5.80. The van der Waals surface area contributed by atoms with E-state index in [-0.39, 0.29) is 11.7 Å². The van der Waals surface area contributed by atoms with Gasteiger partial charge < -0.3 is 10.8 Å². The van der Waals surface area contributed by atoms with Crippen LogP contribution in [0.5, 0.6) is 5.75 Å². The second-order valence-electron chi connectivity index (χ2n) is 4.72. The lowest BCUT2D eigenvalue weighted by Gasteiger charge is -2.12. The number of hydrogen-bond donors (Lipinski definition) is 3. The molecule has 0 aliphatic heterocycles. The van der Waals surface area contributed by atoms with Gasteiger partial charge in [-0.2, -0.15) is 0 Å². The summed E-state index contributed by atoms with van der Waals surface area (Å²) in [5.74, 6) is -0.193. The zero-order valence-electron chi connectivity index (χ0n) is 11.5. The first-order valence-corrected chi connectivity index (χ1v) is 6.64. The van der Waals surface area contributed by atoms with Crippen molar-refractivity contribution in [3.63, 3.8) is 0 Å². The van der Waals surface area contributed by atoms with Crippen LogP contribution in [0.1, 0.15) is 11.1 Å². The molecule has 1 atom stereocenters. The number of amides is 1. The van der Waals surface area contributed by atoms with Gasteiger partial charge in [0.25, 0.3) is 5.91 Å². The van der Waals surface area contributed by atoms with Crippen molar-refractivity contribution in [3.05, 3.63) is 65.7 Å². The maximum Gasteiger partial charge on any atom is 0.260 e. The molecule has 1 amide bonds. The molecule has 1 unspecified atom stereocenters. The molecule has 0 aromatic heterocycles. The first-order chi connectivity index (χ1) is 10.1. The first kappa shape index (κ1) is 15.0. The fraction of sp³-hybridized carbons (Fsp3) is 0.188. The van der Waals surface area contributed by atoms with E-state index in [0.717, 1.165) is 11.1 Å². The Morgan fingerprint density at radius 1 is 1.10 bits per heavy atom. The third-order valence-corrected chi connectivity index (χ3v) is 2.98. The van der Waals surface area contributed by atoms with E-state index in [9.17, 15) is 9.90 Å². The van der Waals surface area contributed by atoms with Gasteiger partial charge in [0.2, 0.25) is 0 Å². The van der Waals surface area contributed by atoms with E-state index >= 15 is 0 Å². The number of carbonyl (C=O) groups excluding carboxylic acids is 1. The molecule has 0 aliphatic rings. The number of benzene rings is 2. The summed E-state index contributed by atoms with van der Waals surface area (Å²) in [4.78, 5) is 16.9. The molecule has 0 heterocycles. The van der Waals surface area contributed by atoms with Crippen molar-refractivity contribution in [3.8, 4) is 5.75 Å². The summed E-state index contributed by atoms with van der Waals surface area (Å²) >= 11 is 0. The lowest BCUT2D eigenvalue weighted by Crippen LogP contribution is -2.41. The molecule has 0 bridgehead atoms. The van der Waals surface area contributed by atoms with Crippen LogP contribution >= 0.6 is 0 Å². The van der Waals surface area contributed by atoms with Gasteiger partial charge in [-0.3, -0.25) is 9.63 Å². The molecule has 0 aliphatic carbocycles. The maximum atomic E-state index is 11.8. The van der Waals surface area contributed by atoms with Gasteiger partial charge in [0, 0.05) is 0 Å². The van der Waals surface area contributed by atoms with Crippen LogP contribution in [0, 0.1) is 0 Å². The fourth-order valence-corrected chi connectivity index (χ4v) is 1.82. The molecule has 0 fully saturated rings. The van der Waals surface area contributed by atoms with Crippen molar-refractivity contribution in [2.24, 2.45) is 5.73 Å². The number of nitrogens with one attached hydrogen (secondary N) is 1. The average molecular weight is 286 g/mol. The summed E-state index contributed by atoms with van der Waals surface area (Å²) in [5, 5.41) is 9.19. The van der Waals surface area contributed by atoms with E-state index in [1.165, 1.54) is 0 Å². The van der Waals surface area contributed by atoms with Crippen LogP contribution in [-0.4, -0.2) is 17.1 Å². The Balaban J connectivity index is 1.76. The molecular formula is C16H18N2O3. The smallest absolute Gasteiger partial charge is 0.260 e. The molecule has 0 radical (unpaired) electrons. The number of aromatic hydroxyl groups is 1. The molecule has 0 spiro atoms. The normalized spacial score (nSPS) is 11.9. The summed E-state index contributed by atoms with van der Waals surface area (Å²) in [5.41, 5.74) is 10.00. The number of carbonyl (C=O) groups is 1. The Morgan fingerprint density at radius 3 is 2.43 bits per heavy atom. The van der Waals surface area contributed by atoms with Crippen LogP contribution in [0.25, 0.3) is 0 Å². The predicted octanol–water partition coefficient (Wildman–Crippen LogP) is 1.51. The molecular weight excluding hydrogens is 268 g/mol. The SMILES string of the molecule is NC(Cc1ccc(O)cc1)C(=O)NOCc1ccccc1. The lowest BCUT2D eigenvalue weighted by atomic mass is 10.1. The van der Waals surface area contributed by atoms with E-state index in [0.29, 0.717) is 13.0 Å². The van der Waals surface area contributed by atoms with Crippen LogP contribution in [0.2, 0.25) is 0 Å². The Bertz CT molecular complexity index is 570. The molecule has 2 aromatic rings. The number of hydroxylamine groups is 1. The van der Waals surface area contributed by atoms with Crippen LogP contribution in [-0.2, 0) is 22.7 Å². The average Bonchev–Trinajstić information content (AvgIpc) is 2.50. The quantitative estimate of drug-likeness (QED) is 0.703. The van der Waals surface area contributed by atoms with Crippen LogP contribution in [0.3, 0.4) is 0 Å². The van der Waals surface area contributed by atoms with E-state index < -0.39 is 6.04 Å². The van der Waals surface area contributed by atoms with Gasteiger partial charge in [0.1, 0.15) is 5.75 Å². The molecule has 4 N–H and O–H groups in total. The molecule has 110 valence electrons. The van der Waals surface area contributed by atoms with E-state index in [2.05, 4.69) is 5.48 Å². The topological polar surface area (TPSA) is 84.6 Å². The van der Waals surface area contributed by atoms with Crippen LogP contribution in [0.15, 0.2) is 54.6 Å². The van der Waals surface area contributed by atoms with Gasteiger partial charge in [-0.05, 0) is 29.7 Å². The van der Waals surface area contributed by atoms with Gasteiger partial charge >= 0.3 is 0 Å². The summed E-state index contributed by atoms with van der Waals surface area (Å²) in [6.07, 6.45) is 0.376. The Labute approximate surface area is 123 Å². The highest BCUT2D eigenvalue weighted by Gasteiger charge is 2.14. The molecule has 5 heteroatoms. The Kier molecular flexibility index (Phi) is 5.31. The first-order valence-electron chi connectivity index (χ1n) is 6.64. The van der Waals surface area contributed by atoms with Crippen molar-refractivity contribution < 1.29 is 14.7 Å². The minimum atomic E-state index is -0.703. The molecule has 21 heavy (non-hydrogen) atoms. The number of rotatable bonds is 6. The largest absolute Gasteiger partial charge is 0.508 e. The zero-order chi connectivity index (χ0) is 15.1. The highest BCUT2D eigenvalue weighted by Crippen LogP contribution is 2.10. The Morgan fingerprint density at radius 2 is 1.76 bits per heavy atom. The number of nitrogens with two attached hydrogens (primary N) is 1. The van der Waals surface area contributed by atoms with Gasteiger partial charge in [-0.1, -0.05) is 42.5 Å². The molecule has 5 nitrogen and oxygen atoms in total. The molecule has 2 aromatic carbocycles. The third-order valence-electron chi connectivity index (χ3n) is 2.98. The van der Waals surface area contributed by atoms with Crippen LogP contribution in [0.4, 0.5) is 0 Å². The second kappa shape index (κ2) is 7.42. The van der Waals surface area contributed by atoms with E-state index in [1.54, 1.807) is 24.3 Å². The summed E-state index contributed by atoms with van der Waals surface area (Å²) in [7, 11) is 0. The lowest BCUT2D eigenvalue weighted by molar-refractivity contribution is -0.135. The van der Waals surface area contributed by atoms with E-state index in [4.69, 9.17) is 10.6 Å². The van der Waals surface area contributed by atoms with Crippen molar-refractivity contribution >= 4 is 5.91 Å². The summed E-state index contributed by atoms with van der Waals surface area (Å²) in [6.45, 7) is 0.290. The number of phenols is 1. The minimum Gasteiger partial charge on any atom is -0.508 e. The van der Waals surface area contributed by atoms with Crippen molar-refractivity contribution in [1.82, 2.24) is 5.48 Å². The zero-order valence-corrected chi connectivity index (χ0v) is 11.5. The summed E-state index contributed by atoms with van der Waals surface area (Å²) < 4.78 is 0. The fourth-order valence-electron chi connectivity index (χ4n) is 1.82. The van der Waals surface area contributed by atoms with Crippen molar-refractivity contribution in [1.29, 1.82) is 0 Å². The van der Waals surface area contributed by atoms with Crippen LogP contribution < -0.4 is 11.2 Å². The second-order valence-corrected chi connectivity index (χ2v) is 4.72. The summed E-state index contributed by atoms with van der Waals surface area (Å²) in [6, 6.07) is 15.4. The molecule has 0 saturated carbocycles. The minimum absolute atomic E-state index is 0.183. The highest BCUT2D eigenvalue weighted by atomic mass is 16.6. The number of phenolic OH excluding ortho intramolecular Hbond substituents is 1. The molecule has 2 rings (SSSR count). The number of hydrogen-bond acceptors (Lipinski definition) is 4. The van der Waals surface area contributed by atoms with E-state index in [1.807, 2.05) is 30.3 Å². The standard InChI is InChI=1S/C16H18N2O3/c17-15(10-12-6-8-14(19)9-7-12)16(20)18-21-11-13-4-2-1-3-5-13/h1-9,15,19H,10-11,17H2,(H,18,20).